The third kappa shape index (κ3) is 2.16. The molecule has 2 aromatic rings. The second kappa shape index (κ2) is 5.32. The van der Waals surface area contributed by atoms with Crippen molar-refractivity contribution >= 4 is 22.5 Å². The number of carbonyl (C=O) groups excluding carboxylic acids is 1. The van der Waals surface area contributed by atoms with Crippen LogP contribution in [0.2, 0.25) is 0 Å². The summed E-state index contributed by atoms with van der Waals surface area (Å²) in [5, 5.41) is 4.49. The van der Waals surface area contributed by atoms with Crippen molar-refractivity contribution in [1.29, 1.82) is 0 Å². The summed E-state index contributed by atoms with van der Waals surface area (Å²) in [6.07, 6.45) is 3.04. The van der Waals surface area contributed by atoms with E-state index in [2.05, 4.69) is 10.3 Å². The van der Waals surface area contributed by atoms with E-state index in [-0.39, 0.29) is 11.8 Å². The fraction of sp³-hybridized carbons (Fsp3) is 0.471. The van der Waals surface area contributed by atoms with Crippen LogP contribution in [0.5, 0.6) is 0 Å². The molecule has 1 saturated heterocycles. The number of nitrogens with two attached hydrogens (primary N) is 1. The van der Waals surface area contributed by atoms with E-state index in [0.717, 1.165) is 62.3 Å². The molecule has 1 unspecified atom stereocenters. The number of aryl methyl sites for hydroxylation is 1. The molecule has 0 saturated carbocycles. The summed E-state index contributed by atoms with van der Waals surface area (Å²) in [6, 6.07) is 5.97. The molecule has 5 nitrogen and oxygen atoms in total. The Kier molecular flexibility index (Phi) is 3.30. The largest absolute Gasteiger partial charge is 0.399 e. The average molecular weight is 298 g/mol. The number of hydrogen-bond acceptors (Lipinski definition) is 3. The van der Waals surface area contributed by atoms with Crippen molar-refractivity contribution in [3.8, 4) is 0 Å². The summed E-state index contributed by atoms with van der Waals surface area (Å²) in [6.45, 7) is 3.43. The molecule has 22 heavy (non-hydrogen) atoms. The fourth-order valence-electron chi connectivity index (χ4n) is 3.83. The van der Waals surface area contributed by atoms with Gasteiger partial charge in [0.1, 0.15) is 0 Å². The minimum absolute atomic E-state index is 0.0181. The Morgan fingerprint density at radius 1 is 1.27 bits per heavy atom. The molecule has 1 amide bonds. The van der Waals surface area contributed by atoms with Crippen LogP contribution >= 0.6 is 0 Å². The maximum absolute atomic E-state index is 12.9. The number of benzene rings is 1. The molecule has 0 spiro atoms. The Balaban J connectivity index is 1.72. The SMILES string of the molecule is Nc1ccc2[nH]c3c(c2c1)CCCC3C(=O)N1CCNCC1. The highest BCUT2D eigenvalue weighted by molar-refractivity contribution is 5.92. The van der Waals surface area contributed by atoms with Crippen LogP contribution in [0.1, 0.15) is 30.0 Å². The van der Waals surface area contributed by atoms with Gasteiger partial charge in [0.25, 0.3) is 0 Å². The minimum atomic E-state index is -0.0181. The van der Waals surface area contributed by atoms with Gasteiger partial charge in [-0.25, -0.2) is 0 Å². The van der Waals surface area contributed by atoms with Crippen LogP contribution in [0.4, 0.5) is 5.69 Å². The molecule has 5 heteroatoms. The summed E-state index contributed by atoms with van der Waals surface area (Å²) in [5.74, 6) is 0.262. The van der Waals surface area contributed by atoms with E-state index in [4.69, 9.17) is 5.73 Å². The zero-order valence-electron chi connectivity index (χ0n) is 12.7. The second-order valence-electron chi connectivity index (χ2n) is 6.34. The predicted octanol–water partition coefficient (Wildman–Crippen LogP) is 1.60. The molecule has 1 fully saturated rings. The Bertz CT molecular complexity index is 715. The number of H-pyrrole nitrogens is 1. The first kappa shape index (κ1) is 13.6. The first-order chi connectivity index (χ1) is 10.7. The van der Waals surface area contributed by atoms with Crippen molar-refractivity contribution < 1.29 is 4.79 Å². The Labute approximate surface area is 129 Å². The summed E-state index contributed by atoms with van der Waals surface area (Å²) in [7, 11) is 0. The molecule has 1 aliphatic carbocycles. The van der Waals surface area contributed by atoms with Crippen LogP contribution in [0.3, 0.4) is 0 Å². The standard InChI is InChI=1S/C17H22N4O/c18-11-4-5-15-14(10-11)12-2-1-3-13(16(12)20-15)17(22)21-8-6-19-7-9-21/h4-5,10,13,19-20H,1-3,6-9,18H2. The lowest BCUT2D eigenvalue weighted by atomic mass is 9.85. The van der Waals surface area contributed by atoms with Gasteiger partial charge in [-0.05, 0) is 43.0 Å². The molecular formula is C17H22N4O. The lowest BCUT2D eigenvalue weighted by Crippen LogP contribution is -2.48. The summed E-state index contributed by atoms with van der Waals surface area (Å²) < 4.78 is 0. The number of rotatable bonds is 1. The maximum atomic E-state index is 12.9. The van der Waals surface area contributed by atoms with Gasteiger partial charge < -0.3 is 20.9 Å². The molecule has 1 aliphatic heterocycles. The number of nitrogen functional groups attached to an aromatic ring is 1. The number of aromatic nitrogens is 1. The van der Waals surface area contributed by atoms with Gasteiger partial charge in [-0.2, -0.15) is 0 Å². The van der Waals surface area contributed by atoms with Gasteiger partial charge >= 0.3 is 0 Å². The van der Waals surface area contributed by atoms with Crippen molar-refractivity contribution in [3.05, 3.63) is 29.5 Å². The number of aromatic amines is 1. The van der Waals surface area contributed by atoms with Gasteiger partial charge in [0.15, 0.2) is 0 Å². The van der Waals surface area contributed by atoms with E-state index in [1.807, 2.05) is 23.1 Å². The van der Waals surface area contributed by atoms with E-state index < -0.39 is 0 Å². The Hall–Kier alpha value is -2.01. The third-order valence-corrected chi connectivity index (χ3v) is 4.96. The highest BCUT2D eigenvalue weighted by Crippen LogP contribution is 2.37. The summed E-state index contributed by atoms with van der Waals surface area (Å²) >= 11 is 0. The van der Waals surface area contributed by atoms with Crippen molar-refractivity contribution in [1.82, 2.24) is 15.2 Å². The highest BCUT2D eigenvalue weighted by Gasteiger charge is 2.32. The van der Waals surface area contributed by atoms with Gasteiger partial charge in [-0.15, -0.1) is 0 Å². The molecule has 116 valence electrons. The number of nitrogens with one attached hydrogen (secondary N) is 2. The predicted molar refractivity (Wildman–Crippen MR) is 87.8 cm³/mol. The minimum Gasteiger partial charge on any atom is -0.399 e. The zero-order valence-corrected chi connectivity index (χ0v) is 12.7. The van der Waals surface area contributed by atoms with Crippen molar-refractivity contribution in [2.24, 2.45) is 0 Å². The zero-order chi connectivity index (χ0) is 15.1. The number of amides is 1. The first-order valence-electron chi connectivity index (χ1n) is 8.13. The van der Waals surface area contributed by atoms with Crippen molar-refractivity contribution in [3.63, 3.8) is 0 Å². The number of hydrogen-bond donors (Lipinski definition) is 3. The smallest absolute Gasteiger partial charge is 0.231 e. The van der Waals surface area contributed by atoms with Crippen LogP contribution in [-0.2, 0) is 11.2 Å². The second-order valence-corrected chi connectivity index (χ2v) is 6.34. The number of carbonyl (C=O) groups is 1. The molecule has 4 rings (SSSR count). The lowest BCUT2D eigenvalue weighted by Gasteiger charge is -2.32. The van der Waals surface area contributed by atoms with Crippen LogP contribution < -0.4 is 11.1 Å². The molecule has 0 bridgehead atoms. The highest BCUT2D eigenvalue weighted by atomic mass is 16.2. The number of piperazine rings is 1. The van der Waals surface area contributed by atoms with Gasteiger partial charge in [-0.3, -0.25) is 4.79 Å². The van der Waals surface area contributed by atoms with Crippen LogP contribution in [0, 0.1) is 0 Å². The number of nitrogens with zero attached hydrogens (tertiary/aromatic N) is 1. The number of anilines is 1. The van der Waals surface area contributed by atoms with Gasteiger partial charge in [0.2, 0.25) is 5.91 Å². The Morgan fingerprint density at radius 2 is 2.09 bits per heavy atom. The van der Waals surface area contributed by atoms with E-state index in [9.17, 15) is 4.79 Å². The maximum Gasteiger partial charge on any atom is 0.231 e. The fourth-order valence-corrected chi connectivity index (χ4v) is 3.83. The topological polar surface area (TPSA) is 74.2 Å². The average Bonchev–Trinajstić information content (AvgIpc) is 2.93. The molecule has 4 N–H and O–H groups in total. The van der Waals surface area contributed by atoms with Gasteiger partial charge in [0.05, 0.1) is 5.92 Å². The van der Waals surface area contributed by atoms with Crippen LogP contribution in [-0.4, -0.2) is 42.0 Å². The lowest BCUT2D eigenvalue weighted by molar-refractivity contribution is -0.133. The molecule has 1 aromatic heterocycles. The van der Waals surface area contributed by atoms with E-state index >= 15 is 0 Å². The normalized spacial score (nSPS) is 21.8. The van der Waals surface area contributed by atoms with Crippen LogP contribution in [0.15, 0.2) is 18.2 Å². The van der Waals surface area contributed by atoms with E-state index in [0.29, 0.717) is 0 Å². The Morgan fingerprint density at radius 3 is 2.91 bits per heavy atom. The molecule has 1 atom stereocenters. The number of fused-ring (bicyclic) bond motifs is 3. The monoisotopic (exact) mass is 298 g/mol. The first-order valence-corrected chi connectivity index (χ1v) is 8.13. The molecule has 2 heterocycles. The third-order valence-electron chi connectivity index (χ3n) is 4.96. The van der Waals surface area contributed by atoms with E-state index in [1.165, 1.54) is 10.9 Å². The van der Waals surface area contributed by atoms with Gasteiger partial charge in [-0.1, -0.05) is 0 Å². The molecule has 1 aromatic carbocycles. The van der Waals surface area contributed by atoms with Crippen molar-refractivity contribution in [2.45, 2.75) is 25.2 Å². The molecule has 0 radical (unpaired) electrons. The van der Waals surface area contributed by atoms with E-state index in [1.54, 1.807) is 0 Å². The quantitative estimate of drug-likeness (QED) is 0.700. The van der Waals surface area contributed by atoms with Crippen LogP contribution in [0.25, 0.3) is 10.9 Å². The van der Waals surface area contributed by atoms with Gasteiger partial charge in [0, 0.05) is 48.5 Å². The molecular weight excluding hydrogens is 276 g/mol. The molecule has 2 aliphatic rings. The van der Waals surface area contributed by atoms with Crippen molar-refractivity contribution in [2.75, 3.05) is 31.9 Å². The summed E-state index contributed by atoms with van der Waals surface area (Å²) in [4.78, 5) is 18.4. The summed E-state index contributed by atoms with van der Waals surface area (Å²) in [5.41, 5.74) is 10.2.